The van der Waals surface area contributed by atoms with Crippen LogP contribution >= 0.6 is 0 Å². The molecular formula is C17H20N4O5S. The summed E-state index contributed by atoms with van der Waals surface area (Å²) >= 11 is 0. The van der Waals surface area contributed by atoms with Crippen LogP contribution in [0.25, 0.3) is 0 Å². The Balaban J connectivity index is 1.72. The molecule has 1 aromatic heterocycles. The molecule has 2 amide bonds. The number of hydrogen-bond acceptors (Lipinski definition) is 7. The van der Waals surface area contributed by atoms with E-state index in [0.717, 1.165) is 6.26 Å². The summed E-state index contributed by atoms with van der Waals surface area (Å²) in [5, 5.41) is 10.3. The molecule has 1 atom stereocenters. The summed E-state index contributed by atoms with van der Waals surface area (Å²) in [6.45, 7) is 3.82. The largest absolute Gasteiger partial charge is 0.407 e. The average molecular weight is 392 g/mol. The summed E-state index contributed by atoms with van der Waals surface area (Å²) in [5.41, 5.74) is 0.600. The van der Waals surface area contributed by atoms with E-state index in [4.69, 9.17) is 4.42 Å². The molecule has 2 aromatic rings. The minimum absolute atomic E-state index is 0.00658. The molecule has 1 fully saturated rings. The van der Waals surface area contributed by atoms with Crippen LogP contribution in [0.15, 0.2) is 33.6 Å². The van der Waals surface area contributed by atoms with Gasteiger partial charge in [-0.1, -0.05) is 18.9 Å². The van der Waals surface area contributed by atoms with Crippen molar-refractivity contribution in [3.8, 4) is 0 Å². The second kappa shape index (κ2) is 7.10. The van der Waals surface area contributed by atoms with Gasteiger partial charge in [0.1, 0.15) is 0 Å². The van der Waals surface area contributed by atoms with Gasteiger partial charge in [0.15, 0.2) is 9.84 Å². The lowest BCUT2D eigenvalue weighted by Gasteiger charge is -2.16. The Kier molecular flexibility index (Phi) is 5.01. The molecule has 1 aliphatic rings. The van der Waals surface area contributed by atoms with E-state index in [1.807, 2.05) is 0 Å². The second-order valence-electron chi connectivity index (χ2n) is 6.76. The number of nitrogens with one attached hydrogen (secondary N) is 1. The van der Waals surface area contributed by atoms with Gasteiger partial charge >= 0.3 is 6.01 Å². The average Bonchev–Trinajstić information content (AvgIpc) is 3.20. The molecule has 1 aromatic carbocycles. The van der Waals surface area contributed by atoms with Gasteiger partial charge in [-0.25, -0.2) is 8.42 Å². The minimum atomic E-state index is -3.30. The van der Waals surface area contributed by atoms with Gasteiger partial charge in [-0.15, -0.1) is 5.10 Å². The Morgan fingerprint density at radius 3 is 2.52 bits per heavy atom. The number of carbonyl (C=O) groups excluding carboxylic acids is 2. The summed E-state index contributed by atoms with van der Waals surface area (Å²) in [7, 11) is -3.30. The highest BCUT2D eigenvalue weighted by Gasteiger charge is 2.35. The standard InChI is InChI=1S/C17H20N4O5S/c1-10(2)15(23)18-17-20-19-16(26-17)11-8-14(22)21(9-11)12-4-6-13(7-5-12)27(3,24)25/h4-7,10-11H,8-9H2,1-3H3,(H,18,20,23)/t11-/m0/s1. The van der Waals surface area contributed by atoms with Crippen LogP contribution in [0.2, 0.25) is 0 Å². The van der Waals surface area contributed by atoms with Crippen molar-refractivity contribution in [2.75, 3.05) is 23.0 Å². The Morgan fingerprint density at radius 2 is 1.93 bits per heavy atom. The summed E-state index contributed by atoms with van der Waals surface area (Å²) in [5.74, 6) is -0.612. The van der Waals surface area contributed by atoms with E-state index < -0.39 is 9.84 Å². The molecular weight excluding hydrogens is 372 g/mol. The zero-order chi connectivity index (χ0) is 19.8. The fraction of sp³-hybridized carbons (Fsp3) is 0.412. The molecule has 0 unspecified atom stereocenters. The van der Waals surface area contributed by atoms with Gasteiger partial charge in [0.25, 0.3) is 0 Å². The predicted molar refractivity (Wildman–Crippen MR) is 97.0 cm³/mol. The van der Waals surface area contributed by atoms with E-state index in [2.05, 4.69) is 15.5 Å². The van der Waals surface area contributed by atoms with Crippen LogP contribution in [0, 0.1) is 5.92 Å². The van der Waals surface area contributed by atoms with Crippen molar-refractivity contribution in [1.29, 1.82) is 0 Å². The maximum absolute atomic E-state index is 12.4. The lowest BCUT2D eigenvalue weighted by molar-refractivity contribution is -0.119. The zero-order valence-electron chi connectivity index (χ0n) is 15.2. The predicted octanol–water partition coefficient (Wildman–Crippen LogP) is 1.59. The number of nitrogens with zero attached hydrogens (tertiary/aromatic N) is 3. The molecule has 0 radical (unpaired) electrons. The summed E-state index contributed by atoms with van der Waals surface area (Å²) in [4.78, 5) is 25.8. The number of rotatable bonds is 5. The van der Waals surface area contributed by atoms with E-state index in [1.54, 1.807) is 30.9 Å². The van der Waals surface area contributed by atoms with Crippen molar-refractivity contribution >= 4 is 33.4 Å². The summed E-state index contributed by atoms with van der Waals surface area (Å²) < 4.78 is 28.6. The van der Waals surface area contributed by atoms with Crippen LogP contribution in [0.3, 0.4) is 0 Å². The minimum Gasteiger partial charge on any atom is -0.407 e. The topological polar surface area (TPSA) is 122 Å². The Hall–Kier alpha value is -2.75. The van der Waals surface area contributed by atoms with Gasteiger partial charge < -0.3 is 9.32 Å². The molecule has 0 aliphatic carbocycles. The van der Waals surface area contributed by atoms with Crippen LogP contribution in [0.5, 0.6) is 0 Å². The molecule has 0 saturated carbocycles. The highest BCUT2D eigenvalue weighted by molar-refractivity contribution is 7.90. The number of aromatic nitrogens is 2. The lowest BCUT2D eigenvalue weighted by Crippen LogP contribution is -2.24. The maximum Gasteiger partial charge on any atom is 0.322 e. The first-order chi connectivity index (χ1) is 12.6. The van der Waals surface area contributed by atoms with Gasteiger partial charge in [0, 0.05) is 30.8 Å². The molecule has 3 rings (SSSR count). The molecule has 27 heavy (non-hydrogen) atoms. The van der Waals surface area contributed by atoms with E-state index in [0.29, 0.717) is 12.2 Å². The zero-order valence-corrected chi connectivity index (χ0v) is 16.0. The van der Waals surface area contributed by atoms with Crippen LogP contribution in [-0.2, 0) is 19.4 Å². The number of carbonyl (C=O) groups is 2. The van der Waals surface area contributed by atoms with Crippen LogP contribution in [-0.4, -0.2) is 43.2 Å². The smallest absolute Gasteiger partial charge is 0.322 e. The monoisotopic (exact) mass is 392 g/mol. The molecule has 10 heteroatoms. The van der Waals surface area contributed by atoms with Gasteiger partial charge in [-0.3, -0.25) is 14.9 Å². The van der Waals surface area contributed by atoms with E-state index >= 15 is 0 Å². The normalized spacial score (nSPS) is 17.6. The molecule has 9 nitrogen and oxygen atoms in total. The summed E-state index contributed by atoms with van der Waals surface area (Å²) in [6.07, 6.45) is 1.32. The SMILES string of the molecule is CC(C)C(=O)Nc1nnc([C@H]2CC(=O)N(c3ccc(S(C)(=O)=O)cc3)C2)o1. The first-order valence-corrected chi connectivity index (χ1v) is 10.3. The van der Waals surface area contributed by atoms with Gasteiger partial charge in [0.05, 0.1) is 10.8 Å². The fourth-order valence-electron chi connectivity index (χ4n) is 2.70. The third-order valence-electron chi connectivity index (χ3n) is 4.25. The van der Waals surface area contributed by atoms with E-state index in [-0.39, 0.29) is 46.9 Å². The number of anilines is 2. The van der Waals surface area contributed by atoms with Crippen molar-refractivity contribution in [2.24, 2.45) is 5.92 Å². The van der Waals surface area contributed by atoms with E-state index in [9.17, 15) is 18.0 Å². The quantitative estimate of drug-likeness (QED) is 0.819. The molecule has 1 aliphatic heterocycles. The highest BCUT2D eigenvalue weighted by Crippen LogP contribution is 2.32. The maximum atomic E-state index is 12.4. The van der Waals surface area contributed by atoms with Crippen LogP contribution in [0.4, 0.5) is 11.7 Å². The molecule has 0 bridgehead atoms. The molecule has 144 valence electrons. The van der Waals surface area contributed by atoms with Crippen molar-refractivity contribution in [2.45, 2.75) is 31.1 Å². The lowest BCUT2D eigenvalue weighted by atomic mass is 10.1. The third-order valence-corrected chi connectivity index (χ3v) is 5.37. The van der Waals surface area contributed by atoms with Crippen molar-refractivity contribution in [1.82, 2.24) is 10.2 Å². The van der Waals surface area contributed by atoms with Crippen molar-refractivity contribution in [3.63, 3.8) is 0 Å². The second-order valence-corrected chi connectivity index (χ2v) is 8.78. The number of benzene rings is 1. The Morgan fingerprint density at radius 1 is 1.26 bits per heavy atom. The van der Waals surface area contributed by atoms with Gasteiger partial charge in [0.2, 0.25) is 17.7 Å². The molecule has 1 saturated heterocycles. The number of hydrogen-bond donors (Lipinski definition) is 1. The highest BCUT2D eigenvalue weighted by atomic mass is 32.2. The van der Waals surface area contributed by atoms with Crippen molar-refractivity contribution in [3.05, 3.63) is 30.2 Å². The third kappa shape index (κ3) is 4.16. The Bertz CT molecular complexity index is 965. The summed E-state index contributed by atoms with van der Waals surface area (Å²) in [6, 6.07) is 6.14. The van der Waals surface area contributed by atoms with E-state index in [1.165, 1.54) is 12.1 Å². The number of sulfone groups is 1. The number of amides is 2. The molecule has 2 heterocycles. The van der Waals surface area contributed by atoms with Crippen molar-refractivity contribution < 1.29 is 22.4 Å². The fourth-order valence-corrected chi connectivity index (χ4v) is 3.33. The first-order valence-electron chi connectivity index (χ1n) is 8.40. The first kappa shape index (κ1) is 19.0. The van der Waals surface area contributed by atoms with Crippen LogP contribution in [0.1, 0.15) is 32.1 Å². The van der Waals surface area contributed by atoms with Crippen LogP contribution < -0.4 is 10.2 Å². The van der Waals surface area contributed by atoms with Gasteiger partial charge in [-0.05, 0) is 24.3 Å². The molecule has 1 N–H and O–H groups in total. The van der Waals surface area contributed by atoms with Gasteiger partial charge in [-0.2, -0.15) is 0 Å². The molecule has 0 spiro atoms. The Labute approximate surface area is 156 Å².